The summed E-state index contributed by atoms with van der Waals surface area (Å²) in [6, 6.07) is 3.91. The zero-order valence-corrected chi connectivity index (χ0v) is 10.8. The van der Waals surface area contributed by atoms with E-state index in [1.165, 1.54) is 0 Å². The van der Waals surface area contributed by atoms with Crippen LogP contribution < -0.4 is 5.32 Å². The van der Waals surface area contributed by atoms with Gasteiger partial charge in [0, 0.05) is 31.5 Å². The Bertz CT molecular complexity index is 478. The highest BCUT2D eigenvalue weighted by Gasteiger charge is 2.14. The van der Waals surface area contributed by atoms with Crippen LogP contribution in [0.5, 0.6) is 0 Å². The summed E-state index contributed by atoms with van der Waals surface area (Å²) in [5.41, 5.74) is 3.16. The Morgan fingerprint density at radius 2 is 2.06 bits per heavy atom. The van der Waals surface area contributed by atoms with Gasteiger partial charge in [-0.25, -0.2) is 0 Å². The molecule has 0 radical (unpaired) electrons. The van der Waals surface area contributed by atoms with Crippen molar-refractivity contribution in [2.45, 2.75) is 6.54 Å². The van der Waals surface area contributed by atoms with Crippen molar-refractivity contribution >= 4 is 15.9 Å². The molecular weight excluding hydrogens is 268 g/mol. The van der Waals surface area contributed by atoms with Gasteiger partial charge < -0.3 is 5.32 Å². The number of nitrogens with one attached hydrogen (secondary N) is 1. The van der Waals surface area contributed by atoms with E-state index in [1.54, 1.807) is 12.4 Å². The highest BCUT2D eigenvalue weighted by Crippen LogP contribution is 2.29. The average molecular weight is 281 g/mol. The fraction of sp³-hybridized carbons (Fsp3) is 0.273. The normalized spacial score (nSPS) is 10.7. The van der Waals surface area contributed by atoms with Gasteiger partial charge in [-0.05, 0) is 35.1 Å². The number of halogens is 1. The van der Waals surface area contributed by atoms with E-state index in [2.05, 4.69) is 31.3 Å². The SMILES string of the molecule is CNCc1c(Br)c(-c2ccncc2)nn1C. The van der Waals surface area contributed by atoms with Crippen molar-refractivity contribution in [1.29, 1.82) is 0 Å². The first-order valence-corrected chi connectivity index (χ1v) is 5.79. The van der Waals surface area contributed by atoms with Crippen LogP contribution in [-0.4, -0.2) is 21.8 Å². The predicted octanol–water partition coefficient (Wildman–Crippen LogP) is 1.96. The van der Waals surface area contributed by atoms with Crippen LogP contribution in [0, 0.1) is 0 Å². The fourth-order valence-electron chi connectivity index (χ4n) is 1.59. The molecule has 1 N–H and O–H groups in total. The lowest BCUT2D eigenvalue weighted by molar-refractivity contribution is 0.671. The fourth-order valence-corrected chi connectivity index (χ4v) is 2.29. The first-order valence-electron chi connectivity index (χ1n) is 5.00. The third-order valence-corrected chi connectivity index (χ3v) is 3.23. The quantitative estimate of drug-likeness (QED) is 0.935. The van der Waals surface area contributed by atoms with Gasteiger partial charge in [-0.2, -0.15) is 5.10 Å². The zero-order valence-electron chi connectivity index (χ0n) is 9.24. The summed E-state index contributed by atoms with van der Waals surface area (Å²) in [7, 11) is 3.87. The van der Waals surface area contributed by atoms with E-state index in [9.17, 15) is 0 Å². The Labute approximate surface area is 103 Å². The average Bonchev–Trinajstić information content (AvgIpc) is 2.59. The smallest absolute Gasteiger partial charge is 0.107 e. The molecule has 0 spiro atoms. The Balaban J connectivity index is 2.47. The lowest BCUT2D eigenvalue weighted by Gasteiger charge is -2.00. The predicted molar refractivity (Wildman–Crippen MR) is 66.9 cm³/mol. The van der Waals surface area contributed by atoms with E-state index in [0.717, 1.165) is 28.0 Å². The topological polar surface area (TPSA) is 42.7 Å². The molecule has 0 saturated heterocycles. The summed E-state index contributed by atoms with van der Waals surface area (Å²) in [6.45, 7) is 0.787. The second kappa shape index (κ2) is 4.76. The molecule has 0 aliphatic heterocycles. The van der Waals surface area contributed by atoms with Gasteiger partial charge >= 0.3 is 0 Å². The lowest BCUT2D eigenvalue weighted by atomic mass is 10.2. The third kappa shape index (κ3) is 2.01. The van der Waals surface area contributed by atoms with Gasteiger partial charge in [-0.15, -0.1) is 0 Å². The largest absolute Gasteiger partial charge is 0.314 e. The van der Waals surface area contributed by atoms with Gasteiger partial charge in [0.2, 0.25) is 0 Å². The maximum absolute atomic E-state index is 4.50. The van der Waals surface area contributed by atoms with Crippen LogP contribution in [0.2, 0.25) is 0 Å². The Morgan fingerprint density at radius 1 is 1.38 bits per heavy atom. The summed E-state index contributed by atoms with van der Waals surface area (Å²) in [4.78, 5) is 4.00. The third-order valence-electron chi connectivity index (χ3n) is 2.40. The zero-order chi connectivity index (χ0) is 11.5. The van der Waals surface area contributed by atoms with Crippen LogP contribution >= 0.6 is 15.9 Å². The van der Waals surface area contributed by atoms with Gasteiger partial charge in [0.15, 0.2) is 0 Å². The Morgan fingerprint density at radius 3 is 2.69 bits per heavy atom. The van der Waals surface area contributed by atoms with E-state index in [0.29, 0.717) is 0 Å². The summed E-state index contributed by atoms with van der Waals surface area (Å²) >= 11 is 3.60. The van der Waals surface area contributed by atoms with Gasteiger partial charge in [0.25, 0.3) is 0 Å². The number of hydrogen-bond acceptors (Lipinski definition) is 3. The molecule has 0 saturated carbocycles. The minimum atomic E-state index is 0.787. The molecule has 0 aromatic carbocycles. The van der Waals surface area contributed by atoms with Crippen molar-refractivity contribution in [2.75, 3.05) is 7.05 Å². The summed E-state index contributed by atoms with van der Waals surface area (Å²) in [5, 5.41) is 7.63. The molecule has 5 heteroatoms. The van der Waals surface area contributed by atoms with Gasteiger partial charge in [-0.3, -0.25) is 9.67 Å². The number of nitrogens with zero attached hydrogens (tertiary/aromatic N) is 3. The van der Waals surface area contributed by atoms with Crippen molar-refractivity contribution in [3.63, 3.8) is 0 Å². The number of aryl methyl sites for hydroxylation is 1. The molecule has 0 fully saturated rings. The number of aromatic nitrogens is 3. The molecule has 0 atom stereocenters. The number of pyridine rings is 1. The monoisotopic (exact) mass is 280 g/mol. The van der Waals surface area contributed by atoms with Crippen LogP contribution in [0.1, 0.15) is 5.69 Å². The van der Waals surface area contributed by atoms with Crippen molar-refractivity contribution in [2.24, 2.45) is 7.05 Å². The highest BCUT2D eigenvalue weighted by molar-refractivity contribution is 9.10. The van der Waals surface area contributed by atoms with Crippen molar-refractivity contribution in [1.82, 2.24) is 20.1 Å². The first-order chi connectivity index (χ1) is 7.74. The van der Waals surface area contributed by atoms with Gasteiger partial charge in [-0.1, -0.05) is 0 Å². The van der Waals surface area contributed by atoms with Crippen LogP contribution in [0.3, 0.4) is 0 Å². The molecule has 84 valence electrons. The minimum absolute atomic E-state index is 0.787. The second-order valence-corrected chi connectivity index (χ2v) is 4.29. The van der Waals surface area contributed by atoms with Gasteiger partial charge in [0.1, 0.15) is 5.69 Å². The maximum atomic E-state index is 4.50. The first kappa shape index (κ1) is 11.3. The van der Waals surface area contributed by atoms with E-state index in [1.807, 2.05) is 30.9 Å². The standard InChI is InChI=1S/C11H13BrN4/c1-13-7-9-10(12)11(15-16(9)2)8-3-5-14-6-4-8/h3-6,13H,7H2,1-2H3. The molecule has 4 nitrogen and oxygen atoms in total. The second-order valence-electron chi connectivity index (χ2n) is 3.50. The number of hydrogen-bond donors (Lipinski definition) is 1. The molecule has 0 unspecified atom stereocenters. The van der Waals surface area contributed by atoms with Crippen LogP contribution in [0.25, 0.3) is 11.3 Å². The Hall–Kier alpha value is -1.20. The molecular formula is C11H13BrN4. The molecule has 2 heterocycles. The van der Waals surface area contributed by atoms with E-state index >= 15 is 0 Å². The van der Waals surface area contributed by atoms with Crippen molar-refractivity contribution < 1.29 is 0 Å². The number of rotatable bonds is 3. The van der Waals surface area contributed by atoms with Gasteiger partial charge in [0.05, 0.1) is 10.2 Å². The highest BCUT2D eigenvalue weighted by atomic mass is 79.9. The van der Waals surface area contributed by atoms with Crippen LogP contribution in [-0.2, 0) is 13.6 Å². The minimum Gasteiger partial charge on any atom is -0.314 e. The van der Waals surface area contributed by atoms with Crippen molar-refractivity contribution in [3.8, 4) is 11.3 Å². The van der Waals surface area contributed by atoms with Crippen LogP contribution in [0.15, 0.2) is 29.0 Å². The van der Waals surface area contributed by atoms with Crippen molar-refractivity contribution in [3.05, 3.63) is 34.7 Å². The summed E-state index contributed by atoms with van der Waals surface area (Å²) < 4.78 is 2.92. The molecule has 2 aromatic heterocycles. The van der Waals surface area contributed by atoms with Crippen LogP contribution in [0.4, 0.5) is 0 Å². The summed E-state index contributed by atoms with van der Waals surface area (Å²) in [6.07, 6.45) is 3.54. The molecule has 0 bridgehead atoms. The molecule has 0 aliphatic rings. The Kier molecular flexibility index (Phi) is 3.36. The molecule has 0 amide bonds. The molecule has 2 rings (SSSR count). The summed E-state index contributed by atoms with van der Waals surface area (Å²) in [5.74, 6) is 0. The van der Waals surface area contributed by atoms with E-state index in [4.69, 9.17) is 0 Å². The molecule has 0 aliphatic carbocycles. The molecule has 16 heavy (non-hydrogen) atoms. The lowest BCUT2D eigenvalue weighted by Crippen LogP contribution is -2.10. The van der Waals surface area contributed by atoms with E-state index in [-0.39, 0.29) is 0 Å². The van der Waals surface area contributed by atoms with E-state index < -0.39 is 0 Å². The molecule has 2 aromatic rings. The maximum Gasteiger partial charge on any atom is 0.107 e.